The number of aromatic amines is 1. The second-order valence-electron chi connectivity index (χ2n) is 6.19. The molecule has 0 aliphatic carbocycles. The smallest absolute Gasteiger partial charge is 0.432 e. The second-order valence-corrected chi connectivity index (χ2v) is 6.19. The van der Waals surface area contributed by atoms with Gasteiger partial charge in [-0.05, 0) is 30.5 Å². The van der Waals surface area contributed by atoms with Crippen LogP contribution in [0.1, 0.15) is 50.9 Å². The van der Waals surface area contributed by atoms with Crippen molar-refractivity contribution in [3.8, 4) is 0 Å². The SMILES string of the molecule is O=C(O)c1cccc([C@@H]2CCCN(C(=O)c3cc(C(F)(F)F)[nH]n3)C2)c1. The Hall–Kier alpha value is -2.84. The number of aromatic nitrogens is 2. The number of aromatic carboxylic acids is 1. The first-order valence-corrected chi connectivity index (χ1v) is 8.01. The number of carboxylic acids is 1. The van der Waals surface area contributed by atoms with E-state index < -0.39 is 23.7 Å². The first-order valence-electron chi connectivity index (χ1n) is 8.01. The summed E-state index contributed by atoms with van der Waals surface area (Å²) in [4.78, 5) is 25.0. The van der Waals surface area contributed by atoms with Gasteiger partial charge in [-0.15, -0.1) is 0 Å². The Morgan fingerprint density at radius 2 is 2.04 bits per heavy atom. The summed E-state index contributed by atoms with van der Waals surface area (Å²) in [6, 6.07) is 7.19. The van der Waals surface area contributed by atoms with Gasteiger partial charge in [-0.1, -0.05) is 12.1 Å². The minimum Gasteiger partial charge on any atom is -0.478 e. The number of hydrogen-bond donors (Lipinski definition) is 2. The number of likely N-dealkylation sites (tertiary alicyclic amines) is 1. The average molecular weight is 367 g/mol. The van der Waals surface area contributed by atoms with Gasteiger partial charge in [0.15, 0.2) is 5.69 Å². The van der Waals surface area contributed by atoms with Crippen LogP contribution in [0, 0.1) is 0 Å². The summed E-state index contributed by atoms with van der Waals surface area (Å²) >= 11 is 0. The predicted octanol–water partition coefficient (Wildman–Crippen LogP) is 3.15. The Kier molecular flexibility index (Phi) is 4.71. The summed E-state index contributed by atoms with van der Waals surface area (Å²) in [5.41, 5.74) is -0.394. The monoisotopic (exact) mass is 367 g/mol. The molecule has 1 aromatic heterocycles. The minimum absolute atomic E-state index is 0.0759. The van der Waals surface area contributed by atoms with E-state index in [0.29, 0.717) is 25.6 Å². The first kappa shape index (κ1) is 18.0. The fourth-order valence-corrected chi connectivity index (χ4v) is 3.10. The van der Waals surface area contributed by atoms with Crippen molar-refractivity contribution in [1.82, 2.24) is 15.1 Å². The Labute approximate surface area is 146 Å². The lowest BCUT2D eigenvalue weighted by atomic mass is 9.89. The molecule has 1 amide bonds. The molecule has 6 nitrogen and oxygen atoms in total. The summed E-state index contributed by atoms with van der Waals surface area (Å²) in [5.74, 6) is -1.68. The summed E-state index contributed by atoms with van der Waals surface area (Å²) in [6.45, 7) is 0.721. The number of nitrogens with one attached hydrogen (secondary N) is 1. The molecule has 138 valence electrons. The average Bonchev–Trinajstić information content (AvgIpc) is 3.12. The highest BCUT2D eigenvalue weighted by atomic mass is 19.4. The van der Waals surface area contributed by atoms with Gasteiger partial charge in [0, 0.05) is 25.1 Å². The zero-order valence-electron chi connectivity index (χ0n) is 13.6. The quantitative estimate of drug-likeness (QED) is 0.873. The number of nitrogens with zero attached hydrogens (tertiary/aromatic N) is 2. The Morgan fingerprint density at radius 3 is 2.69 bits per heavy atom. The molecule has 1 aromatic carbocycles. The minimum atomic E-state index is -4.59. The van der Waals surface area contributed by atoms with Gasteiger partial charge in [-0.3, -0.25) is 9.89 Å². The second kappa shape index (κ2) is 6.81. The number of halogens is 3. The number of H-pyrrole nitrogens is 1. The van der Waals surface area contributed by atoms with Gasteiger partial charge in [-0.2, -0.15) is 18.3 Å². The highest BCUT2D eigenvalue weighted by Gasteiger charge is 2.35. The highest BCUT2D eigenvalue weighted by molar-refractivity contribution is 5.92. The normalized spacial score (nSPS) is 18.0. The van der Waals surface area contributed by atoms with E-state index in [9.17, 15) is 22.8 Å². The molecule has 0 spiro atoms. The van der Waals surface area contributed by atoms with Gasteiger partial charge < -0.3 is 10.0 Å². The number of alkyl halides is 3. The van der Waals surface area contributed by atoms with Crippen molar-refractivity contribution < 1.29 is 27.9 Å². The number of amides is 1. The maximum atomic E-state index is 12.6. The third kappa shape index (κ3) is 3.71. The molecule has 2 N–H and O–H groups in total. The number of carboxylic acid groups (broad SMARTS) is 1. The molecule has 2 heterocycles. The molecule has 3 rings (SSSR count). The van der Waals surface area contributed by atoms with Gasteiger partial charge in [0.05, 0.1) is 5.56 Å². The summed E-state index contributed by atoms with van der Waals surface area (Å²) in [6.07, 6.45) is -3.15. The highest BCUT2D eigenvalue weighted by Crippen LogP contribution is 2.30. The van der Waals surface area contributed by atoms with E-state index in [1.165, 1.54) is 11.0 Å². The fraction of sp³-hybridized carbons (Fsp3) is 0.353. The Bertz CT molecular complexity index is 832. The van der Waals surface area contributed by atoms with E-state index in [0.717, 1.165) is 12.0 Å². The zero-order chi connectivity index (χ0) is 18.9. The summed E-state index contributed by atoms with van der Waals surface area (Å²) < 4.78 is 37.9. The molecule has 0 bridgehead atoms. The molecule has 1 aliphatic heterocycles. The lowest BCUT2D eigenvalue weighted by Crippen LogP contribution is -2.39. The van der Waals surface area contributed by atoms with Gasteiger partial charge >= 0.3 is 12.1 Å². The van der Waals surface area contributed by atoms with Crippen LogP contribution >= 0.6 is 0 Å². The van der Waals surface area contributed by atoms with Gasteiger partial charge in [0.1, 0.15) is 5.69 Å². The van der Waals surface area contributed by atoms with Gasteiger partial charge in [0.25, 0.3) is 5.91 Å². The molecule has 1 saturated heterocycles. The first-order chi connectivity index (χ1) is 12.3. The number of carbonyl (C=O) groups excluding carboxylic acids is 1. The lowest BCUT2D eigenvalue weighted by molar-refractivity contribution is -0.141. The fourth-order valence-electron chi connectivity index (χ4n) is 3.10. The number of piperidine rings is 1. The van der Waals surface area contributed by atoms with E-state index in [-0.39, 0.29) is 17.2 Å². The van der Waals surface area contributed by atoms with Crippen molar-refractivity contribution >= 4 is 11.9 Å². The van der Waals surface area contributed by atoms with E-state index >= 15 is 0 Å². The third-order valence-electron chi connectivity index (χ3n) is 4.42. The van der Waals surface area contributed by atoms with Gasteiger partial charge in [-0.25, -0.2) is 4.79 Å². The van der Waals surface area contributed by atoms with Crippen LogP contribution < -0.4 is 0 Å². The van der Waals surface area contributed by atoms with E-state index in [1.54, 1.807) is 18.2 Å². The molecule has 2 aromatic rings. The van der Waals surface area contributed by atoms with Gasteiger partial charge in [0.2, 0.25) is 0 Å². The topological polar surface area (TPSA) is 86.3 Å². The number of carbonyl (C=O) groups is 2. The van der Waals surface area contributed by atoms with Crippen LogP contribution in [-0.4, -0.2) is 45.2 Å². The lowest BCUT2D eigenvalue weighted by Gasteiger charge is -2.32. The van der Waals surface area contributed by atoms with Crippen LogP contribution in [0.2, 0.25) is 0 Å². The van der Waals surface area contributed by atoms with Crippen molar-refractivity contribution in [3.05, 3.63) is 52.8 Å². The zero-order valence-corrected chi connectivity index (χ0v) is 13.6. The third-order valence-corrected chi connectivity index (χ3v) is 4.42. The number of hydrogen-bond acceptors (Lipinski definition) is 3. The standard InChI is InChI=1S/C17H16F3N3O3/c18-17(19,20)14-8-13(21-22-14)15(24)23-6-2-5-12(9-23)10-3-1-4-11(7-10)16(25)26/h1,3-4,7-8,12H,2,5-6,9H2,(H,21,22)(H,25,26)/t12-/m1/s1. The van der Waals surface area contributed by atoms with Crippen molar-refractivity contribution in [2.45, 2.75) is 24.9 Å². The summed E-state index contributed by atoms with van der Waals surface area (Å²) in [7, 11) is 0. The van der Waals surface area contributed by atoms with Crippen molar-refractivity contribution in [2.75, 3.05) is 13.1 Å². The number of rotatable bonds is 3. The molecule has 9 heteroatoms. The Morgan fingerprint density at radius 1 is 1.27 bits per heavy atom. The molecule has 1 fully saturated rings. The number of benzene rings is 1. The van der Waals surface area contributed by atoms with Crippen molar-refractivity contribution in [3.63, 3.8) is 0 Å². The molecule has 26 heavy (non-hydrogen) atoms. The maximum absolute atomic E-state index is 12.6. The van der Waals surface area contributed by atoms with Crippen molar-refractivity contribution in [2.24, 2.45) is 0 Å². The largest absolute Gasteiger partial charge is 0.478 e. The van der Waals surface area contributed by atoms with Crippen LogP contribution in [0.4, 0.5) is 13.2 Å². The maximum Gasteiger partial charge on any atom is 0.432 e. The molecule has 1 aliphatic rings. The van der Waals surface area contributed by atoms with Crippen LogP contribution in [0.25, 0.3) is 0 Å². The molecule has 0 saturated carbocycles. The molecular weight excluding hydrogens is 351 g/mol. The van der Waals surface area contributed by atoms with Crippen LogP contribution in [0.15, 0.2) is 30.3 Å². The Balaban J connectivity index is 1.76. The predicted molar refractivity (Wildman–Crippen MR) is 84.9 cm³/mol. The van der Waals surface area contributed by atoms with Crippen LogP contribution in [-0.2, 0) is 6.18 Å². The van der Waals surface area contributed by atoms with E-state index in [4.69, 9.17) is 5.11 Å². The molecule has 1 atom stereocenters. The van der Waals surface area contributed by atoms with Crippen LogP contribution in [0.5, 0.6) is 0 Å². The molecule has 0 radical (unpaired) electrons. The summed E-state index contributed by atoms with van der Waals surface area (Å²) in [5, 5.41) is 14.4. The van der Waals surface area contributed by atoms with Crippen LogP contribution in [0.3, 0.4) is 0 Å². The van der Waals surface area contributed by atoms with Crippen molar-refractivity contribution in [1.29, 1.82) is 0 Å². The molecule has 0 unspecified atom stereocenters. The van der Waals surface area contributed by atoms with E-state index in [2.05, 4.69) is 5.10 Å². The van der Waals surface area contributed by atoms with E-state index in [1.807, 2.05) is 5.10 Å². The molecular formula is C17H16F3N3O3.